The van der Waals surface area contributed by atoms with Crippen molar-refractivity contribution in [2.45, 2.75) is 118 Å². The van der Waals surface area contributed by atoms with Crippen LogP contribution in [0.5, 0.6) is 0 Å². The molecule has 0 spiro atoms. The number of carbonyl (C=O) groups is 2. The highest BCUT2D eigenvalue weighted by Gasteiger charge is 2.68. The van der Waals surface area contributed by atoms with Crippen LogP contribution in [0, 0.1) is 62.1 Å². The molecule has 0 bridgehead atoms. The number of fused-ring (bicyclic) bond motifs is 7. The number of hydrogen-bond acceptors (Lipinski definition) is 4. The van der Waals surface area contributed by atoms with Crippen LogP contribution < -0.4 is 0 Å². The lowest BCUT2D eigenvalue weighted by Crippen LogP contribution is -2.64. The van der Waals surface area contributed by atoms with E-state index in [1.165, 1.54) is 12.0 Å². The van der Waals surface area contributed by atoms with Crippen LogP contribution in [0.1, 0.15) is 112 Å². The predicted molar refractivity (Wildman–Crippen MR) is 160 cm³/mol. The van der Waals surface area contributed by atoms with Gasteiger partial charge >= 0.3 is 0 Å². The smallest absolute Gasteiger partial charge is 0.222 e. The van der Waals surface area contributed by atoms with Crippen molar-refractivity contribution in [3.8, 4) is 6.07 Å². The Morgan fingerprint density at radius 3 is 2.41 bits per heavy atom. The number of nitrogens with zero attached hydrogens (tertiary/aromatic N) is 2. The monoisotopic (exact) mass is 560 g/mol. The summed E-state index contributed by atoms with van der Waals surface area (Å²) < 4.78 is 0. The Hall–Kier alpha value is -1.93. The van der Waals surface area contributed by atoms with Gasteiger partial charge in [0, 0.05) is 30.8 Å². The minimum absolute atomic E-state index is 0.0166. The highest BCUT2D eigenvalue weighted by Crippen LogP contribution is 2.74. The SMILES string of the molecule is C[C@@H]1C(O)C(C#N)=C[C@]2(C)C3=CC(=O)C4C5CC(C)(C)CC[C@]5(CCC(=O)N5CCCC5)CC[C@@]4(C)[C@]3(C)CC[C@@H]12. The molecule has 1 heterocycles. The molecule has 1 amide bonds. The lowest BCUT2D eigenvalue weighted by Gasteiger charge is -2.69. The van der Waals surface area contributed by atoms with Gasteiger partial charge in [-0.05, 0) is 110 Å². The van der Waals surface area contributed by atoms with E-state index in [1.807, 2.05) is 12.2 Å². The molecule has 224 valence electrons. The van der Waals surface area contributed by atoms with E-state index < -0.39 is 11.5 Å². The average molecular weight is 561 g/mol. The molecule has 3 saturated carbocycles. The second-order valence-electron chi connectivity index (χ2n) is 16.6. The maximum atomic E-state index is 14.6. The quantitative estimate of drug-likeness (QED) is 0.403. The molecule has 6 aliphatic rings. The Balaban J connectivity index is 1.40. The van der Waals surface area contributed by atoms with Crippen LogP contribution in [0.2, 0.25) is 0 Å². The number of ketones is 1. The van der Waals surface area contributed by atoms with Gasteiger partial charge in [-0.25, -0.2) is 0 Å². The first-order valence-electron chi connectivity index (χ1n) is 16.6. The molecule has 4 fully saturated rings. The van der Waals surface area contributed by atoms with E-state index in [0.717, 1.165) is 70.9 Å². The molecule has 1 N–H and O–H groups in total. The van der Waals surface area contributed by atoms with Crippen molar-refractivity contribution in [1.82, 2.24) is 4.90 Å². The maximum absolute atomic E-state index is 14.6. The van der Waals surface area contributed by atoms with Gasteiger partial charge in [0.15, 0.2) is 5.78 Å². The van der Waals surface area contributed by atoms with Gasteiger partial charge in [0.05, 0.1) is 17.7 Å². The van der Waals surface area contributed by atoms with E-state index in [-0.39, 0.29) is 45.2 Å². The van der Waals surface area contributed by atoms with Gasteiger partial charge in [0.1, 0.15) is 0 Å². The molecular formula is C36H52N2O3. The molecular weight excluding hydrogens is 508 g/mol. The van der Waals surface area contributed by atoms with Crippen LogP contribution in [0.4, 0.5) is 0 Å². The van der Waals surface area contributed by atoms with Crippen molar-refractivity contribution in [2.24, 2.45) is 50.7 Å². The molecule has 0 aromatic carbocycles. The molecule has 0 radical (unpaired) electrons. The molecule has 41 heavy (non-hydrogen) atoms. The third kappa shape index (κ3) is 4.09. The molecule has 6 rings (SSSR count). The van der Waals surface area contributed by atoms with Crippen LogP contribution in [-0.4, -0.2) is 40.9 Å². The number of aliphatic hydroxyl groups is 1. The summed E-state index contributed by atoms with van der Waals surface area (Å²) in [6.45, 7) is 15.7. The molecule has 0 aromatic heterocycles. The van der Waals surface area contributed by atoms with Crippen LogP contribution >= 0.6 is 0 Å². The van der Waals surface area contributed by atoms with Crippen molar-refractivity contribution < 1.29 is 14.7 Å². The van der Waals surface area contributed by atoms with Crippen molar-refractivity contribution in [1.29, 1.82) is 5.26 Å². The number of nitriles is 1. The molecule has 0 aromatic rings. The summed E-state index contributed by atoms with van der Waals surface area (Å²) in [6.07, 6.45) is 14.6. The normalized spacial score (nSPS) is 46.7. The Morgan fingerprint density at radius 2 is 1.73 bits per heavy atom. The van der Waals surface area contributed by atoms with Crippen LogP contribution in [0.3, 0.4) is 0 Å². The minimum atomic E-state index is -0.728. The second kappa shape index (κ2) is 9.54. The largest absolute Gasteiger partial charge is 0.387 e. The number of allylic oxidation sites excluding steroid dienone is 3. The van der Waals surface area contributed by atoms with Gasteiger partial charge in [-0.3, -0.25) is 9.59 Å². The third-order valence-electron chi connectivity index (χ3n) is 14.2. The van der Waals surface area contributed by atoms with Crippen molar-refractivity contribution >= 4 is 11.7 Å². The zero-order valence-electron chi connectivity index (χ0n) is 26.4. The molecule has 5 aliphatic carbocycles. The number of aliphatic hydroxyl groups excluding tert-OH is 1. The maximum Gasteiger partial charge on any atom is 0.222 e. The van der Waals surface area contributed by atoms with Gasteiger partial charge in [-0.2, -0.15) is 5.26 Å². The summed E-state index contributed by atoms with van der Waals surface area (Å²) in [5.41, 5.74) is 1.22. The number of amides is 1. The predicted octanol–water partition coefficient (Wildman–Crippen LogP) is 7.01. The fourth-order valence-corrected chi connectivity index (χ4v) is 11.4. The Morgan fingerprint density at radius 1 is 1.05 bits per heavy atom. The van der Waals surface area contributed by atoms with Crippen LogP contribution in [0.15, 0.2) is 23.3 Å². The molecule has 3 unspecified atom stereocenters. The molecule has 5 heteroatoms. The topological polar surface area (TPSA) is 81.4 Å². The molecule has 1 saturated heterocycles. The first-order chi connectivity index (χ1) is 19.2. The Bertz CT molecular complexity index is 1240. The highest BCUT2D eigenvalue weighted by molar-refractivity contribution is 5.95. The lowest BCUT2D eigenvalue weighted by atomic mass is 9.34. The van der Waals surface area contributed by atoms with Gasteiger partial charge in [-0.1, -0.05) is 53.2 Å². The fraction of sp³-hybridized carbons (Fsp3) is 0.806. The number of rotatable bonds is 3. The van der Waals surface area contributed by atoms with E-state index in [0.29, 0.717) is 23.8 Å². The van der Waals surface area contributed by atoms with Crippen molar-refractivity contribution in [3.05, 3.63) is 23.3 Å². The van der Waals surface area contributed by atoms with Gasteiger partial charge < -0.3 is 10.0 Å². The van der Waals surface area contributed by atoms with E-state index in [9.17, 15) is 20.0 Å². The highest BCUT2D eigenvalue weighted by atomic mass is 16.3. The zero-order chi connectivity index (χ0) is 29.6. The van der Waals surface area contributed by atoms with Gasteiger partial charge in [-0.15, -0.1) is 0 Å². The first kappa shape index (κ1) is 29.2. The summed E-state index contributed by atoms with van der Waals surface area (Å²) in [5.74, 6) is 1.06. The third-order valence-corrected chi connectivity index (χ3v) is 14.2. The number of hydrogen-bond donors (Lipinski definition) is 1. The second-order valence-corrected chi connectivity index (χ2v) is 16.6. The van der Waals surface area contributed by atoms with Crippen LogP contribution in [0.25, 0.3) is 0 Å². The molecule has 1 aliphatic heterocycles. The lowest BCUT2D eigenvalue weighted by molar-refractivity contribution is -0.172. The summed E-state index contributed by atoms with van der Waals surface area (Å²) >= 11 is 0. The van der Waals surface area contributed by atoms with Gasteiger partial charge in [0.2, 0.25) is 5.91 Å². The minimum Gasteiger partial charge on any atom is -0.387 e. The van der Waals surface area contributed by atoms with Crippen molar-refractivity contribution in [3.63, 3.8) is 0 Å². The Kier molecular flexibility index (Phi) is 6.78. The van der Waals surface area contributed by atoms with E-state index in [4.69, 9.17) is 0 Å². The van der Waals surface area contributed by atoms with E-state index >= 15 is 0 Å². The van der Waals surface area contributed by atoms with E-state index in [1.54, 1.807) is 0 Å². The standard InChI is InChI=1S/C36H52N2O3/c1-23-25-9-11-34(5)28(33(25,4)20-24(22-37)31(23)41)19-27(39)30-26-21-32(2,3)13-15-36(26,16-14-35(30,34)6)12-10-29(40)38-17-7-8-18-38/h19-20,23,25-26,30-31,41H,7-18,21H2,1-6H3/t23-,25-,26?,30?,31?,33-,34+,35+,36+/m0/s1. The molecule has 9 atom stereocenters. The Labute approximate surface area is 247 Å². The average Bonchev–Trinajstić information content (AvgIpc) is 3.46. The van der Waals surface area contributed by atoms with Crippen molar-refractivity contribution in [2.75, 3.05) is 13.1 Å². The fourth-order valence-electron chi connectivity index (χ4n) is 11.4. The number of carbonyl (C=O) groups excluding carboxylic acids is 2. The number of likely N-dealkylation sites (tertiary alicyclic amines) is 1. The molecule has 5 nitrogen and oxygen atoms in total. The summed E-state index contributed by atoms with van der Waals surface area (Å²) in [4.78, 5) is 29.9. The zero-order valence-corrected chi connectivity index (χ0v) is 26.4. The summed E-state index contributed by atoms with van der Waals surface area (Å²) in [5, 5.41) is 20.8. The van der Waals surface area contributed by atoms with Gasteiger partial charge in [0.25, 0.3) is 0 Å². The summed E-state index contributed by atoms with van der Waals surface area (Å²) in [7, 11) is 0. The first-order valence-corrected chi connectivity index (χ1v) is 16.6. The summed E-state index contributed by atoms with van der Waals surface area (Å²) in [6, 6.07) is 2.29. The van der Waals surface area contributed by atoms with Crippen LogP contribution in [-0.2, 0) is 9.59 Å². The van der Waals surface area contributed by atoms with E-state index in [2.05, 4.69) is 52.5 Å².